The summed E-state index contributed by atoms with van der Waals surface area (Å²) in [7, 11) is -4.36. The van der Waals surface area contributed by atoms with Crippen LogP contribution in [0.4, 0.5) is 0 Å². The fraction of sp³-hybridized carbons (Fsp3) is 1.00. The molecule has 0 aliphatic heterocycles. The van der Waals surface area contributed by atoms with Crippen LogP contribution in [0.25, 0.3) is 0 Å². The molecule has 0 radical (unpaired) electrons. The van der Waals surface area contributed by atoms with Gasteiger partial charge in [-0.25, -0.2) is 8.42 Å². The van der Waals surface area contributed by atoms with Crippen molar-refractivity contribution in [3.8, 4) is 0 Å². The first-order valence-corrected chi connectivity index (χ1v) is 3.69. The summed E-state index contributed by atoms with van der Waals surface area (Å²) in [5.41, 5.74) is -1.59. The standard InChI is InChI=1S/C2H5ClO4S.Na/c3-2(4)1-8(5,6)7;/h2,4H,1H2,(H,5,6,7);/q;+1/p-1. The van der Waals surface area contributed by atoms with E-state index in [4.69, 9.17) is 16.7 Å². The summed E-state index contributed by atoms with van der Waals surface area (Å²) in [4.78, 5) is 0. The molecule has 0 aliphatic rings. The van der Waals surface area contributed by atoms with Gasteiger partial charge < -0.3 is 9.66 Å². The maximum atomic E-state index is 9.64. The molecule has 0 saturated carbocycles. The summed E-state index contributed by atoms with van der Waals surface area (Å²) in [6.45, 7) is 0. The number of aliphatic hydroxyl groups is 1. The van der Waals surface area contributed by atoms with Gasteiger partial charge in [0.05, 0.1) is 15.9 Å². The Kier molecular flexibility index (Phi) is 6.97. The molecule has 1 N–H and O–H groups in total. The maximum absolute atomic E-state index is 9.64. The van der Waals surface area contributed by atoms with Crippen LogP contribution in [0, 0.1) is 0 Å². The molecule has 0 rings (SSSR count). The molecule has 50 valence electrons. The molecule has 0 bridgehead atoms. The van der Waals surface area contributed by atoms with E-state index in [0.717, 1.165) is 0 Å². The summed E-state index contributed by atoms with van der Waals surface area (Å²) in [6, 6.07) is 0. The van der Waals surface area contributed by atoms with Crippen molar-refractivity contribution in [1.29, 1.82) is 0 Å². The van der Waals surface area contributed by atoms with Crippen LogP contribution in [0.15, 0.2) is 0 Å². The Bertz CT molecular complexity index is 152. The average Bonchev–Trinajstić information content (AvgIpc) is 1.21. The van der Waals surface area contributed by atoms with Gasteiger partial charge in [-0.05, 0) is 0 Å². The molecule has 0 heterocycles. The number of hydrogen-bond donors (Lipinski definition) is 1. The third-order valence-corrected chi connectivity index (χ3v) is 1.40. The van der Waals surface area contributed by atoms with Crippen LogP contribution in [0.1, 0.15) is 0 Å². The topological polar surface area (TPSA) is 77.4 Å². The number of aliphatic hydroxyl groups excluding tert-OH is 1. The molecule has 0 aromatic heterocycles. The molecular weight excluding hydrogens is 179 g/mol. The van der Waals surface area contributed by atoms with Crippen LogP contribution in [-0.2, 0) is 10.1 Å². The summed E-state index contributed by atoms with van der Waals surface area (Å²) in [5, 5.41) is 8.07. The predicted octanol–water partition coefficient (Wildman–Crippen LogP) is -3.91. The van der Waals surface area contributed by atoms with Gasteiger partial charge >= 0.3 is 29.6 Å². The molecule has 0 aromatic rings. The second-order valence-corrected chi connectivity index (χ2v) is 3.11. The number of alkyl halides is 1. The van der Waals surface area contributed by atoms with Crippen LogP contribution in [0.3, 0.4) is 0 Å². The van der Waals surface area contributed by atoms with Crippen LogP contribution < -0.4 is 29.6 Å². The van der Waals surface area contributed by atoms with Gasteiger partial charge in [0.2, 0.25) is 0 Å². The molecule has 0 spiro atoms. The first kappa shape index (κ1) is 12.8. The summed E-state index contributed by atoms with van der Waals surface area (Å²) >= 11 is 4.74. The number of hydrogen-bond acceptors (Lipinski definition) is 4. The fourth-order valence-electron chi connectivity index (χ4n) is 0.168. The minimum absolute atomic E-state index is 0. The van der Waals surface area contributed by atoms with Crippen molar-refractivity contribution < 1.29 is 47.6 Å². The first-order valence-electron chi connectivity index (χ1n) is 1.67. The molecular formula is C2H4ClNaO4S. The van der Waals surface area contributed by atoms with Crippen molar-refractivity contribution in [2.75, 3.05) is 5.75 Å². The van der Waals surface area contributed by atoms with Crippen molar-refractivity contribution in [3.63, 3.8) is 0 Å². The second kappa shape index (κ2) is 4.90. The van der Waals surface area contributed by atoms with E-state index in [1.54, 1.807) is 0 Å². The second-order valence-electron chi connectivity index (χ2n) is 1.16. The van der Waals surface area contributed by atoms with E-state index in [1.165, 1.54) is 0 Å². The van der Waals surface area contributed by atoms with Gasteiger partial charge in [-0.15, -0.1) is 0 Å². The van der Waals surface area contributed by atoms with Crippen LogP contribution in [0.5, 0.6) is 0 Å². The molecule has 1 unspecified atom stereocenters. The monoisotopic (exact) mass is 182 g/mol. The van der Waals surface area contributed by atoms with Gasteiger partial charge in [0.15, 0.2) is 0 Å². The molecule has 0 aliphatic carbocycles. The maximum Gasteiger partial charge on any atom is 1.00 e. The van der Waals surface area contributed by atoms with E-state index >= 15 is 0 Å². The molecule has 9 heavy (non-hydrogen) atoms. The summed E-state index contributed by atoms with van der Waals surface area (Å²) < 4.78 is 28.9. The van der Waals surface area contributed by atoms with Gasteiger partial charge in [0, 0.05) is 0 Å². The van der Waals surface area contributed by atoms with Crippen LogP contribution in [0.2, 0.25) is 0 Å². The number of halogens is 1. The van der Waals surface area contributed by atoms with E-state index in [-0.39, 0.29) is 29.6 Å². The third kappa shape index (κ3) is 12.4. The average molecular weight is 183 g/mol. The Hall–Kier alpha value is 1.16. The molecule has 0 saturated heterocycles. The Balaban J connectivity index is 0. The van der Waals surface area contributed by atoms with Crippen molar-refractivity contribution >= 4 is 21.7 Å². The van der Waals surface area contributed by atoms with E-state index in [2.05, 4.69) is 0 Å². The minimum Gasteiger partial charge on any atom is -0.748 e. The first-order chi connectivity index (χ1) is 3.42. The summed E-state index contributed by atoms with van der Waals surface area (Å²) in [6.07, 6.45) is 0. The van der Waals surface area contributed by atoms with Gasteiger partial charge in [0.25, 0.3) is 0 Å². The third-order valence-electron chi connectivity index (χ3n) is 0.342. The van der Waals surface area contributed by atoms with E-state index in [0.29, 0.717) is 0 Å². The molecule has 4 nitrogen and oxygen atoms in total. The molecule has 7 heteroatoms. The fourth-order valence-corrected chi connectivity index (χ4v) is 0.968. The van der Waals surface area contributed by atoms with Crippen molar-refractivity contribution in [2.45, 2.75) is 5.56 Å². The van der Waals surface area contributed by atoms with E-state index in [9.17, 15) is 13.0 Å². The van der Waals surface area contributed by atoms with Crippen molar-refractivity contribution in [3.05, 3.63) is 0 Å². The van der Waals surface area contributed by atoms with Gasteiger partial charge in [-0.1, -0.05) is 11.6 Å². The predicted molar refractivity (Wildman–Crippen MR) is 26.4 cm³/mol. The Labute approximate surface area is 80.2 Å². The molecule has 0 aromatic carbocycles. The quantitative estimate of drug-likeness (QED) is 0.269. The Morgan fingerprint density at radius 1 is 1.67 bits per heavy atom. The van der Waals surface area contributed by atoms with E-state index in [1.807, 2.05) is 0 Å². The SMILES string of the molecule is O=S(=O)([O-])CC(O)Cl.[Na+]. The zero-order valence-corrected chi connectivity index (χ0v) is 8.32. The van der Waals surface area contributed by atoms with Gasteiger partial charge in [0.1, 0.15) is 5.56 Å². The molecule has 0 fully saturated rings. The van der Waals surface area contributed by atoms with Gasteiger partial charge in [-0.2, -0.15) is 0 Å². The normalized spacial score (nSPS) is 14.1. The van der Waals surface area contributed by atoms with Crippen LogP contribution in [-0.4, -0.2) is 29.4 Å². The Morgan fingerprint density at radius 2 is 2.00 bits per heavy atom. The van der Waals surface area contributed by atoms with Crippen molar-refractivity contribution in [2.24, 2.45) is 0 Å². The molecule has 0 amide bonds. The largest absolute Gasteiger partial charge is 1.00 e. The van der Waals surface area contributed by atoms with Crippen molar-refractivity contribution in [1.82, 2.24) is 0 Å². The van der Waals surface area contributed by atoms with Crippen LogP contribution >= 0.6 is 11.6 Å². The Morgan fingerprint density at radius 3 is 2.00 bits per heavy atom. The van der Waals surface area contributed by atoms with Gasteiger partial charge in [-0.3, -0.25) is 0 Å². The smallest absolute Gasteiger partial charge is 0.748 e. The molecule has 1 atom stereocenters. The summed E-state index contributed by atoms with van der Waals surface area (Å²) in [5.74, 6) is -0.936. The zero-order chi connectivity index (χ0) is 6.78. The zero-order valence-electron chi connectivity index (χ0n) is 4.74. The number of rotatable bonds is 2. The van der Waals surface area contributed by atoms with E-state index < -0.39 is 21.4 Å². The minimum atomic E-state index is -4.36.